The molecule has 27 heavy (non-hydrogen) atoms. The molecular weight excluding hydrogens is 360 g/mol. The third-order valence-electron chi connectivity index (χ3n) is 5.00. The average molecular weight is 385 g/mol. The number of halogens is 1. The summed E-state index contributed by atoms with van der Waals surface area (Å²) in [4.78, 5) is 27.1. The topological polar surface area (TPSA) is 49.4 Å². The molecule has 5 heteroatoms. The number of anilines is 1. The lowest BCUT2D eigenvalue weighted by atomic mass is 10.0. The molecule has 0 unspecified atom stereocenters. The Morgan fingerprint density at radius 2 is 1.81 bits per heavy atom. The van der Waals surface area contributed by atoms with Crippen molar-refractivity contribution in [3.63, 3.8) is 0 Å². The zero-order valence-corrected chi connectivity index (χ0v) is 16.6. The third kappa shape index (κ3) is 4.89. The van der Waals surface area contributed by atoms with E-state index in [9.17, 15) is 9.59 Å². The van der Waals surface area contributed by atoms with Gasteiger partial charge in [0.25, 0.3) is 5.91 Å². The number of nitrogens with one attached hydrogen (secondary N) is 1. The second-order valence-corrected chi connectivity index (χ2v) is 7.60. The van der Waals surface area contributed by atoms with E-state index in [1.165, 1.54) is 11.1 Å². The molecule has 0 saturated carbocycles. The first-order valence-corrected chi connectivity index (χ1v) is 9.76. The Bertz CT molecular complexity index is 857. The van der Waals surface area contributed by atoms with Crippen LogP contribution >= 0.6 is 11.6 Å². The number of benzene rings is 2. The van der Waals surface area contributed by atoms with Gasteiger partial charge in [0.15, 0.2) is 0 Å². The summed E-state index contributed by atoms with van der Waals surface area (Å²) in [6.07, 6.45) is 3.07. The Hall–Kier alpha value is -2.33. The molecule has 4 nitrogen and oxygen atoms in total. The maximum atomic E-state index is 12.7. The molecule has 1 aliphatic rings. The fourth-order valence-electron chi connectivity index (χ4n) is 3.48. The highest BCUT2D eigenvalue weighted by Crippen LogP contribution is 2.24. The van der Waals surface area contributed by atoms with Gasteiger partial charge in [-0.05, 0) is 62.4 Å². The molecule has 0 spiro atoms. The van der Waals surface area contributed by atoms with Crippen LogP contribution in [0.2, 0.25) is 5.02 Å². The maximum absolute atomic E-state index is 12.7. The number of amides is 2. The van der Waals surface area contributed by atoms with Crippen LogP contribution in [0.3, 0.4) is 0 Å². The molecule has 1 fully saturated rings. The average Bonchev–Trinajstić information content (AvgIpc) is 3.15. The molecule has 1 aliphatic heterocycles. The Kier molecular flexibility index (Phi) is 6.17. The predicted octanol–water partition coefficient (Wildman–Crippen LogP) is 4.76. The SMILES string of the molecule is Cc1ccc(CCC(=O)Nc2cc(Cl)ccc2C(=O)N2CCCC2)c(C)c1. The number of carbonyl (C=O) groups excluding carboxylic acids is 2. The van der Waals surface area contributed by atoms with Crippen molar-refractivity contribution >= 4 is 29.1 Å². The number of hydrogen-bond donors (Lipinski definition) is 1. The molecule has 1 saturated heterocycles. The van der Waals surface area contributed by atoms with Gasteiger partial charge in [-0.25, -0.2) is 0 Å². The van der Waals surface area contributed by atoms with E-state index in [2.05, 4.69) is 37.4 Å². The normalized spacial score (nSPS) is 13.7. The lowest BCUT2D eigenvalue weighted by molar-refractivity contribution is -0.116. The summed E-state index contributed by atoms with van der Waals surface area (Å²) in [5.74, 6) is -0.165. The van der Waals surface area contributed by atoms with Gasteiger partial charge < -0.3 is 10.2 Å². The Morgan fingerprint density at radius 1 is 1.07 bits per heavy atom. The minimum absolute atomic E-state index is 0.0474. The molecule has 0 atom stereocenters. The van der Waals surface area contributed by atoms with Crippen molar-refractivity contribution in [2.24, 2.45) is 0 Å². The summed E-state index contributed by atoms with van der Waals surface area (Å²) in [5.41, 5.74) is 4.56. The van der Waals surface area contributed by atoms with Crippen LogP contribution in [0, 0.1) is 13.8 Å². The lowest BCUT2D eigenvalue weighted by Gasteiger charge is -2.18. The molecule has 0 bridgehead atoms. The van der Waals surface area contributed by atoms with Gasteiger partial charge >= 0.3 is 0 Å². The summed E-state index contributed by atoms with van der Waals surface area (Å²) in [5, 5.41) is 3.38. The summed E-state index contributed by atoms with van der Waals surface area (Å²) < 4.78 is 0. The zero-order valence-electron chi connectivity index (χ0n) is 15.8. The number of aryl methyl sites for hydroxylation is 3. The molecule has 2 amide bonds. The first-order chi connectivity index (χ1) is 12.9. The molecule has 0 aliphatic carbocycles. The van der Waals surface area contributed by atoms with E-state index in [1.54, 1.807) is 18.2 Å². The van der Waals surface area contributed by atoms with Crippen molar-refractivity contribution in [2.45, 2.75) is 39.5 Å². The van der Waals surface area contributed by atoms with Crippen LogP contribution in [0.5, 0.6) is 0 Å². The van der Waals surface area contributed by atoms with Crippen LogP contribution in [0.25, 0.3) is 0 Å². The smallest absolute Gasteiger partial charge is 0.255 e. The third-order valence-corrected chi connectivity index (χ3v) is 5.23. The van der Waals surface area contributed by atoms with Gasteiger partial charge in [-0.3, -0.25) is 9.59 Å². The van der Waals surface area contributed by atoms with E-state index in [1.807, 2.05) is 4.90 Å². The second-order valence-electron chi connectivity index (χ2n) is 7.17. The summed E-state index contributed by atoms with van der Waals surface area (Å²) in [7, 11) is 0. The van der Waals surface area contributed by atoms with Crippen molar-refractivity contribution in [3.8, 4) is 0 Å². The Morgan fingerprint density at radius 3 is 2.52 bits per heavy atom. The second kappa shape index (κ2) is 8.57. The minimum atomic E-state index is -0.118. The van der Waals surface area contributed by atoms with Crippen molar-refractivity contribution in [2.75, 3.05) is 18.4 Å². The van der Waals surface area contributed by atoms with Gasteiger partial charge in [-0.2, -0.15) is 0 Å². The van der Waals surface area contributed by atoms with Crippen molar-refractivity contribution in [1.82, 2.24) is 4.90 Å². The van der Waals surface area contributed by atoms with Crippen LogP contribution in [-0.4, -0.2) is 29.8 Å². The highest BCUT2D eigenvalue weighted by molar-refractivity contribution is 6.31. The van der Waals surface area contributed by atoms with Gasteiger partial charge in [-0.1, -0.05) is 35.4 Å². The highest BCUT2D eigenvalue weighted by atomic mass is 35.5. The predicted molar refractivity (Wildman–Crippen MR) is 109 cm³/mol. The summed E-state index contributed by atoms with van der Waals surface area (Å²) >= 11 is 6.10. The minimum Gasteiger partial charge on any atom is -0.339 e. The molecule has 1 heterocycles. The number of hydrogen-bond acceptors (Lipinski definition) is 2. The van der Waals surface area contributed by atoms with Crippen LogP contribution in [0.4, 0.5) is 5.69 Å². The molecule has 0 aromatic heterocycles. The standard InChI is InChI=1S/C22H25ClN2O2/c1-15-5-6-17(16(2)13-15)7-10-21(26)24-20-14-18(23)8-9-19(20)22(27)25-11-3-4-12-25/h5-6,8-9,13-14H,3-4,7,10-12H2,1-2H3,(H,24,26). The van der Waals surface area contributed by atoms with Gasteiger partial charge in [-0.15, -0.1) is 0 Å². The monoisotopic (exact) mass is 384 g/mol. The van der Waals surface area contributed by atoms with Gasteiger partial charge in [0.1, 0.15) is 0 Å². The highest BCUT2D eigenvalue weighted by Gasteiger charge is 2.22. The van der Waals surface area contributed by atoms with Crippen molar-refractivity contribution in [3.05, 3.63) is 63.7 Å². The van der Waals surface area contributed by atoms with Crippen LogP contribution in [0.1, 0.15) is 46.3 Å². The molecule has 2 aromatic rings. The fraction of sp³-hybridized carbons (Fsp3) is 0.364. The molecule has 2 aromatic carbocycles. The van der Waals surface area contributed by atoms with Crippen molar-refractivity contribution < 1.29 is 9.59 Å². The van der Waals surface area contributed by atoms with Gasteiger partial charge in [0.05, 0.1) is 11.3 Å². The summed E-state index contributed by atoms with van der Waals surface area (Å²) in [6, 6.07) is 11.3. The molecule has 3 rings (SSSR count). The van der Waals surface area contributed by atoms with Crippen molar-refractivity contribution in [1.29, 1.82) is 0 Å². The number of rotatable bonds is 5. The molecule has 142 valence electrons. The van der Waals surface area contributed by atoms with E-state index in [0.29, 0.717) is 29.1 Å². The Labute approximate surface area is 165 Å². The number of likely N-dealkylation sites (tertiary alicyclic amines) is 1. The molecule has 0 radical (unpaired) electrons. The largest absolute Gasteiger partial charge is 0.339 e. The van der Waals surface area contributed by atoms with E-state index < -0.39 is 0 Å². The zero-order chi connectivity index (χ0) is 19.4. The molecular formula is C22H25ClN2O2. The van der Waals surface area contributed by atoms with E-state index in [4.69, 9.17) is 11.6 Å². The van der Waals surface area contributed by atoms with Crippen LogP contribution in [0.15, 0.2) is 36.4 Å². The molecule has 1 N–H and O–H groups in total. The first-order valence-electron chi connectivity index (χ1n) is 9.39. The quantitative estimate of drug-likeness (QED) is 0.807. The lowest BCUT2D eigenvalue weighted by Crippen LogP contribution is -2.28. The maximum Gasteiger partial charge on any atom is 0.255 e. The van der Waals surface area contributed by atoms with E-state index in [0.717, 1.165) is 31.5 Å². The fourth-order valence-corrected chi connectivity index (χ4v) is 3.66. The van der Waals surface area contributed by atoms with Gasteiger partial charge in [0, 0.05) is 24.5 Å². The van der Waals surface area contributed by atoms with E-state index in [-0.39, 0.29) is 11.8 Å². The summed E-state index contributed by atoms with van der Waals surface area (Å²) in [6.45, 7) is 5.65. The number of nitrogens with zero attached hydrogens (tertiary/aromatic N) is 1. The van der Waals surface area contributed by atoms with Crippen LogP contribution < -0.4 is 5.32 Å². The van der Waals surface area contributed by atoms with E-state index >= 15 is 0 Å². The van der Waals surface area contributed by atoms with Crippen LogP contribution in [-0.2, 0) is 11.2 Å². The number of carbonyl (C=O) groups is 2. The Balaban J connectivity index is 1.69. The van der Waals surface area contributed by atoms with Gasteiger partial charge in [0.2, 0.25) is 5.91 Å². The first kappa shape index (κ1) is 19.4.